The number of halogens is 1. The van der Waals surface area contributed by atoms with Crippen LogP contribution in [-0.4, -0.2) is 20.5 Å². The zero-order valence-electron chi connectivity index (χ0n) is 11.9. The SMILES string of the molecule is Cc1cc(F)ccc1CNc1ccc2nccn2c1C(=O)O. The van der Waals surface area contributed by atoms with Gasteiger partial charge in [-0.25, -0.2) is 14.2 Å². The highest BCUT2D eigenvalue weighted by Gasteiger charge is 2.15. The molecule has 3 rings (SSSR count). The van der Waals surface area contributed by atoms with Crippen molar-refractivity contribution in [3.05, 3.63) is 65.4 Å². The first-order valence-electron chi connectivity index (χ1n) is 6.74. The fraction of sp³-hybridized carbons (Fsp3) is 0.125. The molecule has 0 spiro atoms. The van der Waals surface area contributed by atoms with Crippen molar-refractivity contribution >= 4 is 17.3 Å². The second kappa shape index (κ2) is 5.48. The van der Waals surface area contributed by atoms with Crippen molar-refractivity contribution in [2.75, 3.05) is 5.32 Å². The first-order valence-corrected chi connectivity index (χ1v) is 6.74. The van der Waals surface area contributed by atoms with Crippen LogP contribution in [0, 0.1) is 12.7 Å². The number of nitrogens with one attached hydrogen (secondary N) is 1. The Kier molecular flexibility index (Phi) is 3.50. The van der Waals surface area contributed by atoms with E-state index in [1.165, 1.54) is 16.5 Å². The molecule has 0 fully saturated rings. The molecule has 0 aliphatic carbocycles. The Morgan fingerprint density at radius 2 is 2.18 bits per heavy atom. The molecule has 0 bridgehead atoms. The number of carbonyl (C=O) groups is 1. The van der Waals surface area contributed by atoms with Crippen LogP contribution in [0.4, 0.5) is 10.1 Å². The molecule has 0 amide bonds. The first kappa shape index (κ1) is 14.1. The van der Waals surface area contributed by atoms with Crippen LogP contribution in [0.1, 0.15) is 21.6 Å². The summed E-state index contributed by atoms with van der Waals surface area (Å²) in [5.74, 6) is -1.32. The van der Waals surface area contributed by atoms with Crippen molar-refractivity contribution in [2.45, 2.75) is 13.5 Å². The van der Waals surface area contributed by atoms with Gasteiger partial charge in [0.25, 0.3) is 0 Å². The van der Waals surface area contributed by atoms with Crippen molar-refractivity contribution in [2.24, 2.45) is 0 Å². The number of fused-ring (bicyclic) bond motifs is 1. The maximum atomic E-state index is 13.1. The number of imidazole rings is 1. The van der Waals surface area contributed by atoms with E-state index in [9.17, 15) is 14.3 Å². The molecule has 1 aromatic carbocycles. The summed E-state index contributed by atoms with van der Waals surface area (Å²) in [4.78, 5) is 15.6. The zero-order chi connectivity index (χ0) is 15.7. The van der Waals surface area contributed by atoms with Crippen LogP contribution in [0.3, 0.4) is 0 Å². The number of rotatable bonds is 4. The average Bonchev–Trinajstić information content (AvgIpc) is 2.93. The zero-order valence-corrected chi connectivity index (χ0v) is 11.9. The maximum Gasteiger partial charge on any atom is 0.355 e. The van der Waals surface area contributed by atoms with E-state index in [0.29, 0.717) is 17.9 Å². The fourth-order valence-corrected chi connectivity index (χ4v) is 2.40. The molecule has 0 atom stereocenters. The third-order valence-corrected chi connectivity index (χ3v) is 3.54. The smallest absolute Gasteiger partial charge is 0.355 e. The van der Waals surface area contributed by atoms with Crippen molar-refractivity contribution in [3.63, 3.8) is 0 Å². The highest BCUT2D eigenvalue weighted by Crippen LogP contribution is 2.20. The monoisotopic (exact) mass is 299 g/mol. The Balaban J connectivity index is 1.93. The van der Waals surface area contributed by atoms with Crippen LogP contribution in [0.2, 0.25) is 0 Å². The standard InChI is InChI=1S/C16H14FN3O2/c1-10-8-12(17)3-2-11(10)9-19-13-4-5-14-18-6-7-20(14)15(13)16(21)22/h2-8,19H,9H2,1H3,(H,21,22). The predicted molar refractivity (Wildman–Crippen MR) is 80.6 cm³/mol. The van der Waals surface area contributed by atoms with E-state index in [4.69, 9.17) is 0 Å². The van der Waals surface area contributed by atoms with Crippen molar-refractivity contribution in [3.8, 4) is 0 Å². The maximum absolute atomic E-state index is 13.1. The molecule has 112 valence electrons. The lowest BCUT2D eigenvalue weighted by molar-refractivity contribution is 0.0690. The van der Waals surface area contributed by atoms with Gasteiger partial charge in [-0.3, -0.25) is 4.40 Å². The lowest BCUT2D eigenvalue weighted by Crippen LogP contribution is -2.11. The van der Waals surface area contributed by atoms with Crippen LogP contribution in [0.25, 0.3) is 5.65 Å². The van der Waals surface area contributed by atoms with Crippen LogP contribution in [-0.2, 0) is 6.54 Å². The normalized spacial score (nSPS) is 10.8. The summed E-state index contributed by atoms with van der Waals surface area (Å²) >= 11 is 0. The molecule has 0 saturated heterocycles. The van der Waals surface area contributed by atoms with Gasteiger partial charge < -0.3 is 10.4 Å². The molecule has 2 aromatic heterocycles. The number of carboxylic acid groups (broad SMARTS) is 1. The van der Waals surface area contributed by atoms with Gasteiger partial charge in [0.05, 0.1) is 5.69 Å². The van der Waals surface area contributed by atoms with E-state index in [2.05, 4.69) is 10.3 Å². The fourth-order valence-electron chi connectivity index (χ4n) is 2.40. The molecule has 2 heterocycles. The van der Waals surface area contributed by atoms with E-state index >= 15 is 0 Å². The molecule has 3 aromatic rings. The third-order valence-electron chi connectivity index (χ3n) is 3.54. The van der Waals surface area contributed by atoms with Crippen molar-refractivity contribution in [1.82, 2.24) is 9.38 Å². The number of aromatic nitrogens is 2. The van der Waals surface area contributed by atoms with Crippen molar-refractivity contribution < 1.29 is 14.3 Å². The van der Waals surface area contributed by atoms with Crippen LogP contribution in [0.15, 0.2) is 42.7 Å². The number of aromatic carboxylic acids is 1. The number of hydrogen-bond acceptors (Lipinski definition) is 3. The number of carboxylic acids is 1. The summed E-state index contributed by atoms with van der Waals surface area (Å²) in [6.45, 7) is 2.23. The molecular weight excluding hydrogens is 285 g/mol. The second-order valence-electron chi connectivity index (χ2n) is 4.98. The molecule has 0 aliphatic heterocycles. The average molecular weight is 299 g/mol. The summed E-state index contributed by atoms with van der Waals surface area (Å²) in [5, 5.41) is 12.5. The Morgan fingerprint density at radius 3 is 2.91 bits per heavy atom. The molecular formula is C16H14FN3O2. The lowest BCUT2D eigenvalue weighted by Gasteiger charge is -2.12. The predicted octanol–water partition coefficient (Wildman–Crippen LogP) is 3.09. The largest absolute Gasteiger partial charge is 0.476 e. The van der Waals surface area contributed by atoms with Gasteiger partial charge in [0.15, 0.2) is 5.69 Å². The Hall–Kier alpha value is -2.89. The summed E-state index contributed by atoms with van der Waals surface area (Å²) in [7, 11) is 0. The highest BCUT2D eigenvalue weighted by molar-refractivity contribution is 5.93. The number of benzene rings is 1. The van der Waals surface area contributed by atoms with E-state index < -0.39 is 5.97 Å². The van der Waals surface area contributed by atoms with Gasteiger partial charge in [-0.1, -0.05) is 6.07 Å². The number of hydrogen-bond donors (Lipinski definition) is 2. The summed E-state index contributed by atoms with van der Waals surface area (Å²) in [6, 6.07) is 7.96. The molecule has 0 saturated carbocycles. The van der Waals surface area contributed by atoms with E-state index in [1.807, 2.05) is 6.92 Å². The van der Waals surface area contributed by atoms with Crippen molar-refractivity contribution in [1.29, 1.82) is 0 Å². The summed E-state index contributed by atoms with van der Waals surface area (Å²) < 4.78 is 14.6. The van der Waals surface area contributed by atoms with E-state index in [1.54, 1.807) is 30.6 Å². The molecule has 0 radical (unpaired) electrons. The number of anilines is 1. The van der Waals surface area contributed by atoms with Gasteiger partial charge in [-0.2, -0.15) is 0 Å². The molecule has 6 heteroatoms. The molecule has 0 aliphatic rings. The second-order valence-corrected chi connectivity index (χ2v) is 4.98. The Labute approximate surface area is 126 Å². The Bertz CT molecular complexity index is 858. The highest BCUT2D eigenvalue weighted by atomic mass is 19.1. The van der Waals surface area contributed by atoms with Gasteiger partial charge in [0, 0.05) is 18.9 Å². The van der Waals surface area contributed by atoms with Gasteiger partial charge in [0.1, 0.15) is 11.5 Å². The molecule has 0 unspecified atom stereocenters. The minimum atomic E-state index is -1.04. The van der Waals surface area contributed by atoms with E-state index in [-0.39, 0.29) is 11.5 Å². The van der Waals surface area contributed by atoms with Crippen LogP contribution < -0.4 is 5.32 Å². The Morgan fingerprint density at radius 1 is 1.36 bits per heavy atom. The van der Waals surface area contributed by atoms with Gasteiger partial charge in [-0.15, -0.1) is 0 Å². The molecule has 22 heavy (non-hydrogen) atoms. The molecule has 2 N–H and O–H groups in total. The van der Waals surface area contributed by atoms with Gasteiger partial charge >= 0.3 is 5.97 Å². The van der Waals surface area contributed by atoms with Gasteiger partial charge in [-0.05, 0) is 42.3 Å². The summed E-state index contributed by atoms with van der Waals surface area (Å²) in [5.41, 5.74) is 2.90. The lowest BCUT2D eigenvalue weighted by atomic mass is 10.1. The molecule has 5 nitrogen and oxygen atoms in total. The number of nitrogens with zero attached hydrogens (tertiary/aromatic N) is 2. The van der Waals surface area contributed by atoms with Crippen LogP contribution in [0.5, 0.6) is 0 Å². The topological polar surface area (TPSA) is 66.6 Å². The minimum Gasteiger partial charge on any atom is -0.476 e. The van der Waals surface area contributed by atoms with Crippen LogP contribution >= 0.6 is 0 Å². The summed E-state index contributed by atoms with van der Waals surface area (Å²) in [6.07, 6.45) is 3.16. The van der Waals surface area contributed by atoms with E-state index in [0.717, 1.165) is 11.1 Å². The third kappa shape index (κ3) is 2.50. The number of aryl methyl sites for hydroxylation is 1. The van der Waals surface area contributed by atoms with Gasteiger partial charge in [0.2, 0.25) is 0 Å². The quantitative estimate of drug-likeness (QED) is 0.777. The minimum absolute atomic E-state index is 0.120. The number of pyridine rings is 1. The first-order chi connectivity index (χ1) is 10.6.